The number of aliphatic carboxylic acids is 2. The summed E-state index contributed by atoms with van der Waals surface area (Å²) in [6.45, 7) is 0.241. The van der Waals surface area contributed by atoms with E-state index in [0.29, 0.717) is 5.56 Å². The minimum absolute atomic E-state index is 0.00149. The average Bonchev–Trinajstić information content (AvgIpc) is 2.44. The van der Waals surface area contributed by atoms with Crippen molar-refractivity contribution < 1.29 is 24.6 Å². The van der Waals surface area contributed by atoms with Crippen molar-refractivity contribution in [3.8, 4) is 0 Å². The Morgan fingerprint density at radius 2 is 1.95 bits per heavy atom. The molecule has 0 saturated heterocycles. The number of hydrogen-bond acceptors (Lipinski definition) is 4. The molecular weight excluding hydrogens is 276 g/mol. The maximum absolute atomic E-state index is 12.2. The SMILES string of the molecule is NC(CC(=O)O)C(=O)N1Cc2ccccc2C(C(=O)O)C1. The third kappa shape index (κ3) is 3.19. The Kier molecular flexibility index (Phi) is 4.23. The van der Waals surface area contributed by atoms with E-state index >= 15 is 0 Å². The Morgan fingerprint density at radius 3 is 2.57 bits per heavy atom. The summed E-state index contributed by atoms with van der Waals surface area (Å²) in [5.74, 6) is -3.55. The molecule has 112 valence electrons. The van der Waals surface area contributed by atoms with E-state index in [9.17, 15) is 19.5 Å². The first kappa shape index (κ1) is 15.0. The molecule has 2 rings (SSSR count). The predicted octanol–water partition coefficient (Wildman–Crippen LogP) is -0.001000. The van der Waals surface area contributed by atoms with E-state index in [2.05, 4.69) is 0 Å². The summed E-state index contributed by atoms with van der Waals surface area (Å²) in [6, 6.07) is 5.84. The average molecular weight is 292 g/mol. The minimum atomic E-state index is -1.16. The second-order valence-corrected chi connectivity index (χ2v) is 5.01. The van der Waals surface area contributed by atoms with Crippen LogP contribution in [0.25, 0.3) is 0 Å². The van der Waals surface area contributed by atoms with Crippen molar-refractivity contribution in [3.63, 3.8) is 0 Å². The van der Waals surface area contributed by atoms with Crippen molar-refractivity contribution >= 4 is 17.8 Å². The van der Waals surface area contributed by atoms with Crippen LogP contribution in [0.2, 0.25) is 0 Å². The summed E-state index contributed by atoms with van der Waals surface area (Å²) in [5, 5.41) is 18.0. The molecule has 0 radical (unpaired) electrons. The van der Waals surface area contributed by atoms with Gasteiger partial charge in [0.2, 0.25) is 5.91 Å². The molecule has 2 unspecified atom stereocenters. The molecule has 1 heterocycles. The number of nitrogens with two attached hydrogens (primary N) is 1. The fourth-order valence-corrected chi connectivity index (χ4v) is 2.50. The van der Waals surface area contributed by atoms with Crippen LogP contribution >= 0.6 is 0 Å². The van der Waals surface area contributed by atoms with Crippen molar-refractivity contribution in [2.24, 2.45) is 5.73 Å². The van der Waals surface area contributed by atoms with Crippen LogP contribution in [0, 0.1) is 0 Å². The fraction of sp³-hybridized carbons (Fsp3) is 0.357. The summed E-state index contributed by atoms with van der Waals surface area (Å²) < 4.78 is 0. The number of carbonyl (C=O) groups excluding carboxylic acids is 1. The summed E-state index contributed by atoms with van der Waals surface area (Å²) >= 11 is 0. The summed E-state index contributed by atoms with van der Waals surface area (Å²) in [6.07, 6.45) is -0.477. The van der Waals surface area contributed by atoms with E-state index in [1.54, 1.807) is 24.3 Å². The van der Waals surface area contributed by atoms with Gasteiger partial charge in [-0.15, -0.1) is 0 Å². The van der Waals surface area contributed by atoms with Gasteiger partial charge in [-0.3, -0.25) is 14.4 Å². The van der Waals surface area contributed by atoms with E-state index in [0.717, 1.165) is 5.56 Å². The lowest BCUT2D eigenvalue weighted by molar-refractivity contribution is -0.145. The van der Waals surface area contributed by atoms with Gasteiger partial charge >= 0.3 is 11.9 Å². The monoisotopic (exact) mass is 292 g/mol. The lowest BCUT2D eigenvalue weighted by Gasteiger charge is -2.34. The van der Waals surface area contributed by atoms with Crippen LogP contribution < -0.4 is 5.73 Å². The van der Waals surface area contributed by atoms with Gasteiger partial charge in [-0.2, -0.15) is 0 Å². The molecule has 0 aliphatic carbocycles. The van der Waals surface area contributed by atoms with Crippen molar-refractivity contribution in [1.29, 1.82) is 0 Å². The second-order valence-electron chi connectivity index (χ2n) is 5.01. The molecule has 0 fully saturated rings. The third-order valence-corrected chi connectivity index (χ3v) is 3.52. The molecule has 2 atom stereocenters. The second kappa shape index (κ2) is 5.92. The molecule has 1 amide bonds. The Morgan fingerprint density at radius 1 is 1.29 bits per heavy atom. The van der Waals surface area contributed by atoms with Crippen LogP contribution in [0.1, 0.15) is 23.5 Å². The molecule has 1 aliphatic heterocycles. The molecule has 4 N–H and O–H groups in total. The van der Waals surface area contributed by atoms with Gasteiger partial charge in [0.25, 0.3) is 0 Å². The fourth-order valence-electron chi connectivity index (χ4n) is 2.50. The Hall–Kier alpha value is -2.41. The van der Waals surface area contributed by atoms with Gasteiger partial charge in [-0.25, -0.2) is 0 Å². The summed E-state index contributed by atoms with van der Waals surface area (Å²) in [7, 11) is 0. The molecule has 0 bridgehead atoms. The maximum Gasteiger partial charge on any atom is 0.312 e. The molecule has 0 spiro atoms. The van der Waals surface area contributed by atoms with Gasteiger partial charge < -0.3 is 20.8 Å². The highest BCUT2D eigenvalue weighted by molar-refractivity contribution is 5.87. The molecular formula is C14H16N2O5. The zero-order valence-corrected chi connectivity index (χ0v) is 11.2. The number of hydrogen-bond donors (Lipinski definition) is 3. The van der Waals surface area contributed by atoms with E-state index in [4.69, 9.17) is 10.8 Å². The molecule has 0 saturated carbocycles. The smallest absolute Gasteiger partial charge is 0.312 e. The van der Waals surface area contributed by atoms with Gasteiger partial charge in [-0.05, 0) is 11.1 Å². The standard InChI is InChI=1S/C14H16N2O5/c15-11(5-12(17)18)13(19)16-6-8-3-1-2-4-9(8)10(7-16)14(20)21/h1-4,10-11H,5-7,15H2,(H,17,18)(H,20,21). The van der Waals surface area contributed by atoms with Crippen LogP contribution in [0.4, 0.5) is 0 Å². The number of carboxylic acid groups (broad SMARTS) is 2. The lowest BCUT2D eigenvalue weighted by Crippen LogP contribution is -2.48. The third-order valence-electron chi connectivity index (χ3n) is 3.52. The Balaban J connectivity index is 2.23. The number of carbonyl (C=O) groups is 3. The highest BCUT2D eigenvalue weighted by Crippen LogP contribution is 2.28. The first-order chi connectivity index (χ1) is 9.90. The van der Waals surface area contributed by atoms with Crippen molar-refractivity contribution in [2.75, 3.05) is 6.54 Å². The maximum atomic E-state index is 12.2. The Labute approximate surface area is 121 Å². The van der Waals surface area contributed by atoms with Gasteiger partial charge in [0.05, 0.1) is 18.4 Å². The number of carboxylic acids is 2. The first-order valence-corrected chi connectivity index (χ1v) is 6.47. The number of amides is 1. The largest absolute Gasteiger partial charge is 0.481 e. The van der Waals surface area contributed by atoms with Gasteiger partial charge in [0, 0.05) is 13.1 Å². The molecule has 7 nitrogen and oxygen atoms in total. The summed E-state index contributed by atoms with van der Waals surface area (Å²) in [4.78, 5) is 35.5. The molecule has 1 aromatic rings. The molecule has 0 aromatic heterocycles. The van der Waals surface area contributed by atoms with Crippen molar-refractivity contribution in [3.05, 3.63) is 35.4 Å². The van der Waals surface area contributed by atoms with Crippen LogP contribution in [0.3, 0.4) is 0 Å². The van der Waals surface area contributed by atoms with E-state index < -0.39 is 36.2 Å². The molecule has 7 heteroatoms. The number of rotatable bonds is 4. The summed E-state index contributed by atoms with van der Waals surface area (Å²) in [5.41, 5.74) is 7.00. The first-order valence-electron chi connectivity index (χ1n) is 6.47. The normalized spacial score (nSPS) is 18.7. The van der Waals surface area contributed by atoms with Crippen molar-refractivity contribution in [1.82, 2.24) is 4.90 Å². The van der Waals surface area contributed by atoms with Gasteiger partial charge in [0.15, 0.2) is 0 Å². The van der Waals surface area contributed by atoms with Crippen molar-refractivity contribution in [2.45, 2.75) is 24.9 Å². The van der Waals surface area contributed by atoms with Crippen LogP contribution in [-0.4, -0.2) is 45.5 Å². The Bertz CT molecular complexity index is 586. The predicted molar refractivity (Wildman–Crippen MR) is 72.5 cm³/mol. The highest BCUT2D eigenvalue weighted by atomic mass is 16.4. The number of fused-ring (bicyclic) bond motifs is 1. The van der Waals surface area contributed by atoms with Crippen LogP contribution in [0.5, 0.6) is 0 Å². The van der Waals surface area contributed by atoms with E-state index in [1.165, 1.54) is 4.90 Å². The van der Waals surface area contributed by atoms with Crippen LogP contribution in [0.15, 0.2) is 24.3 Å². The van der Waals surface area contributed by atoms with Gasteiger partial charge in [0.1, 0.15) is 0 Å². The van der Waals surface area contributed by atoms with Gasteiger partial charge in [-0.1, -0.05) is 24.3 Å². The zero-order valence-electron chi connectivity index (χ0n) is 11.2. The zero-order chi connectivity index (χ0) is 15.6. The molecule has 1 aromatic carbocycles. The minimum Gasteiger partial charge on any atom is -0.481 e. The topological polar surface area (TPSA) is 121 Å². The van der Waals surface area contributed by atoms with E-state index in [1.807, 2.05) is 0 Å². The van der Waals surface area contributed by atoms with Crippen LogP contribution in [-0.2, 0) is 20.9 Å². The lowest BCUT2D eigenvalue weighted by atomic mass is 9.89. The highest BCUT2D eigenvalue weighted by Gasteiger charge is 2.34. The van der Waals surface area contributed by atoms with E-state index in [-0.39, 0.29) is 13.1 Å². The molecule has 21 heavy (non-hydrogen) atoms. The number of nitrogens with zero attached hydrogens (tertiary/aromatic N) is 1. The quantitative estimate of drug-likeness (QED) is 0.718. The molecule has 1 aliphatic rings. The number of benzene rings is 1.